The van der Waals surface area contributed by atoms with Crippen LogP contribution in [0.1, 0.15) is 13.8 Å². The highest BCUT2D eigenvalue weighted by molar-refractivity contribution is 6.28. The van der Waals surface area contributed by atoms with Crippen molar-refractivity contribution in [3.63, 3.8) is 0 Å². The zero-order chi connectivity index (χ0) is 11.5. The topological polar surface area (TPSA) is 66.4 Å². The van der Waals surface area contributed by atoms with Gasteiger partial charge in [-0.05, 0) is 25.4 Å². The standard InChI is InChI=1S/C9H12ClN3O3/c1-5(2)15-8-11-7(10)12-9(13-8)16-6-3-14-4-6/h5-6H,3-4H2,1-2H3. The number of rotatable bonds is 4. The Hall–Kier alpha value is -1.14. The maximum atomic E-state index is 5.72. The van der Waals surface area contributed by atoms with E-state index in [2.05, 4.69) is 15.0 Å². The number of aromatic nitrogens is 3. The molecule has 0 amide bonds. The van der Waals surface area contributed by atoms with Crippen molar-refractivity contribution in [3.05, 3.63) is 5.28 Å². The molecule has 0 spiro atoms. The van der Waals surface area contributed by atoms with Crippen LogP contribution in [-0.2, 0) is 4.74 Å². The summed E-state index contributed by atoms with van der Waals surface area (Å²) < 4.78 is 15.7. The number of hydrogen-bond acceptors (Lipinski definition) is 6. The average Bonchev–Trinajstić information content (AvgIpc) is 2.09. The van der Waals surface area contributed by atoms with Crippen molar-refractivity contribution in [2.24, 2.45) is 0 Å². The molecule has 1 aliphatic rings. The highest BCUT2D eigenvalue weighted by atomic mass is 35.5. The Kier molecular flexibility index (Phi) is 3.40. The van der Waals surface area contributed by atoms with Crippen molar-refractivity contribution in [2.75, 3.05) is 13.2 Å². The maximum absolute atomic E-state index is 5.72. The van der Waals surface area contributed by atoms with E-state index in [9.17, 15) is 0 Å². The van der Waals surface area contributed by atoms with E-state index in [0.29, 0.717) is 13.2 Å². The fraction of sp³-hybridized carbons (Fsp3) is 0.667. The lowest BCUT2D eigenvalue weighted by atomic mass is 10.3. The van der Waals surface area contributed by atoms with Crippen LogP contribution in [0.15, 0.2) is 0 Å². The Bertz CT molecular complexity index is 371. The first-order chi connectivity index (χ1) is 7.63. The molecule has 2 rings (SSSR count). The first kappa shape index (κ1) is 11.3. The van der Waals surface area contributed by atoms with Gasteiger partial charge in [0.25, 0.3) is 0 Å². The molecule has 0 aromatic carbocycles. The van der Waals surface area contributed by atoms with Crippen LogP contribution in [0.5, 0.6) is 12.0 Å². The van der Waals surface area contributed by atoms with E-state index in [1.807, 2.05) is 13.8 Å². The van der Waals surface area contributed by atoms with Crippen molar-refractivity contribution in [3.8, 4) is 12.0 Å². The van der Waals surface area contributed by atoms with Gasteiger partial charge >= 0.3 is 12.0 Å². The minimum absolute atomic E-state index is 0.00892. The predicted octanol–water partition coefficient (Wildman–Crippen LogP) is 1.09. The molecule has 0 bridgehead atoms. The summed E-state index contributed by atoms with van der Waals surface area (Å²) in [6, 6.07) is 0.342. The van der Waals surface area contributed by atoms with Crippen molar-refractivity contribution in [2.45, 2.75) is 26.1 Å². The van der Waals surface area contributed by atoms with Crippen LogP contribution in [0.4, 0.5) is 0 Å². The van der Waals surface area contributed by atoms with Gasteiger partial charge in [-0.3, -0.25) is 0 Å². The Morgan fingerprint density at radius 2 is 1.94 bits per heavy atom. The molecule has 0 atom stereocenters. The van der Waals surface area contributed by atoms with Crippen molar-refractivity contribution < 1.29 is 14.2 Å². The van der Waals surface area contributed by atoms with Crippen LogP contribution in [0.2, 0.25) is 5.28 Å². The van der Waals surface area contributed by atoms with Crippen LogP contribution >= 0.6 is 11.6 Å². The van der Waals surface area contributed by atoms with Crippen molar-refractivity contribution in [1.29, 1.82) is 0 Å². The molecule has 2 heterocycles. The van der Waals surface area contributed by atoms with Crippen molar-refractivity contribution >= 4 is 11.6 Å². The molecule has 0 radical (unpaired) electrons. The van der Waals surface area contributed by atoms with E-state index in [1.165, 1.54) is 0 Å². The number of hydrogen-bond donors (Lipinski definition) is 0. The Balaban J connectivity index is 2.08. The van der Waals surface area contributed by atoms with Gasteiger partial charge in [0.2, 0.25) is 5.28 Å². The lowest BCUT2D eigenvalue weighted by Crippen LogP contribution is -2.39. The van der Waals surface area contributed by atoms with Gasteiger partial charge in [-0.1, -0.05) is 0 Å². The highest BCUT2D eigenvalue weighted by Gasteiger charge is 2.22. The van der Waals surface area contributed by atoms with E-state index in [1.54, 1.807) is 0 Å². The van der Waals surface area contributed by atoms with Gasteiger partial charge in [0.05, 0.1) is 19.3 Å². The van der Waals surface area contributed by atoms with Gasteiger partial charge in [-0.2, -0.15) is 9.97 Å². The average molecular weight is 246 g/mol. The minimum Gasteiger partial charge on any atom is -0.461 e. The summed E-state index contributed by atoms with van der Waals surface area (Å²) in [6.07, 6.45) is -0.0382. The molecular formula is C9H12ClN3O3. The zero-order valence-corrected chi connectivity index (χ0v) is 9.77. The van der Waals surface area contributed by atoms with E-state index in [0.717, 1.165) is 0 Å². The Morgan fingerprint density at radius 1 is 1.25 bits per heavy atom. The fourth-order valence-corrected chi connectivity index (χ4v) is 1.21. The molecule has 1 aromatic heterocycles. The summed E-state index contributed by atoms with van der Waals surface area (Å²) in [5, 5.41) is 0.0564. The van der Waals surface area contributed by atoms with Gasteiger partial charge in [0, 0.05) is 0 Å². The number of nitrogens with zero attached hydrogens (tertiary/aromatic N) is 3. The van der Waals surface area contributed by atoms with Gasteiger partial charge in [0.1, 0.15) is 6.10 Å². The Labute approximate surface area is 97.9 Å². The SMILES string of the molecule is CC(C)Oc1nc(Cl)nc(OC2COC2)n1. The first-order valence-corrected chi connectivity index (χ1v) is 5.34. The van der Waals surface area contributed by atoms with Crippen LogP contribution in [0.25, 0.3) is 0 Å². The van der Waals surface area contributed by atoms with Gasteiger partial charge in [0.15, 0.2) is 0 Å². The summed E-state index contributed by atoms with van der Waals surface area (Å²) in [5.41, 5.74) is 0. The third kappa shape index (κ3) is 2.93. The summed E-state index contributed by atoms with van der Waals surface area (Å²) in [6.45, 7) is 4.84. The normalized spacial score (nSPS) is 16.0. The van der Waals surface area contributed by atoms with Crippen LogP contribution in [0, 0.1) is 0 Å². The lowest BCUT2D eigenvalue weighted by Gasteiger charge is -2.25. The number of ether oxygens (including phenoxy) is 3. The van der Waals surface area contributed by atoms with E-state index in [4.69, 9.17) is 25.8 Å². The third-order valence-electron chi connectivity index (χ3n) is 1.79. The summed E-state index contributed by atoms with van der Waals surface area (Å²) >= 11 is 5.72. The molecule has 88 valence electrons. The first-order valence-electron chi connectivity index (χ1n) is 4.96. The van der Waals surface area contributed by atoms with Crippen molar-refractivity contribution in [1.82, 2.24) is 15.0 Å². The quantitative estimate of drug-likeness (QED) is 0.791. The largest absolute Gasteiger partial charge is 0.461 e. The van der Waals surface area contributed by atoms with Crippen LogP contribution < -0.4 is 9.47 Å². The molecule has 16 heavy (non-hydrogen) atoms. The van der Waals surface area contributed by atoms with E-state index in [-0.39, 0.29) is 29.5 Å². The van der Waals surface area contributed by atoms with Gasteiger partial charge in [-0.15, -0.1) is 4.98 Å². The second-order valence-electron chi connectivity index (χ2n) is 3.61. The monoisotopic (exact) mass is 245 g/mol. The highest BCUT2D eigenvalue weighted by Crippen LogP contribution is 2.17. The fourth-order valence-electron chi connectivity index (χ4n) is 1.06. The van der Waals surface area contributed by atoms with E-state index < -0.39 is 0 Å². The zero-order valence-electron chi connectivity index (χ0n) is 9.01. The number of halogens is 1. The van der Waals surface area contributed by atoms with Gasteiger partial charge < -0.3 is 14.2 Å². The molecule has 0 aliphatic carbocycles. The summed E-state index contributed by atoms with van der Waals surface area (Å²) in [7, 11) is 0. The molecule has 7 heteroatoms. The third-order valence-corrected chi connectivity index (χ3v) is 1.96. The van der Waals surface area contributed by atoms with Crippen LogP contribution in [0.3, 0.4) is 0 Å². The molecular weight excluding hydrogens is 234 g/mol. The lowest BCUT2D eigenvalue weighted by molar-refractivity contribution is -0.0834. The van der Waals surface area contributed by atoms with E-state index >= 15 is 0 Å². The molecule has 0 saturated carbocycles. The molecule has 1 aliphatic heterocycles. The molecule has 0 unspecified atom stereocenters. The minimum atomic E-state index is -0.0293. The molecule has 1 fully saturated rings. The summed E-state index contributed by atoms with van der Waals surface area (Å²) in [4.78, 5) is 11.7. The second-order valence-corrected chi connectivity index (χ2v) is 3.95. The smallest absolute Gasteiger partial charge is 0.324 e. The second kappa shape index (κ2) is 4.80. The molecule has 1 aromatic rings. The summed E-state index contributed by atoms with van der Waals surface area (Å²) in [5.74, 6) is 0. The molecule has 1 saturated heterocycles. The molecule has 0 N–H and O–H groups in total. The van der Waals surface area contributed by atoms with Gasteiger partial charge in [-0.25, -0.2) is 0 Å². The van der Waals surface area contributed by atoms with Crippen LogP contribution in [-0.4, -0.2) is 40.4 Å². The molecule has 6 nitrogen and oxygen atoms in total. The maximum Gasteiger partial charge on any atom is 0.324 e. The Morgan fingerprint density at radius 3 is 2.50 bits per heavy atom. The predicted molar refractivity (Wildman–Crippen MR) is 55.8 cm³/mol.